The van der Waals surface area contributed by atoms with Crippen molar-refractivity contribution in [3.05, 3.63) is 208 Å². The third-order valence-electron chi connectivity index (χ3n) is 20.4. The Morgan fingerprint density at radius 2 is 1.14 bits per heavy atom. The molecule has 0 saturated carbocycles. The second kappa shape index (κ2) is 28.8. The van der Waals surface area contributed by atoms with Crippen molar-refractivity contribution < 1.29 is 67.6 Å². The summed E-state index contributed by atoms with van der Waals surface area (Å²) in [6.45, 7) is 13.0. The van der Waals surface area contributed by atoms with E-state index in [1.165, 1.54) is 12.1 Å². The normalized spacial score (nSPS) is 17.8. The minimum atomic E-state index is -0.603. The molecule has 10 heterocycles. The van der Waals surface area contributed by atoms with E-state index in [1.54, 1.807) is 57.7 Å². The number of ether oxygens (including phenoxy) is 10. The van der Waals surface area contributed by atoms with Gasteiger partial charge in [0, 0.05) is 163 Å². The lowest BCUT2D eigenvalue weighted by atomic mass is 9.81. The molecule has 7 aliphatic rings. The van der Waals surface area contributed by atoms with Gasteiger partial charge in [-0.05, 0) is 149 Å². The number of methoxy groups -OCH3 is 3. The number of fused-ring (bicyclic) bond motifs is 12. The average Bonchev–Trinajstić information content (AvgIpc) is 1.71. The van der Waals surface area contributed by atoms with E-state index >= 15 is 0 Å². The first-order chi connectivity index (χ1) is 49.4. The molecule has 534 valence electrons. The van der Waals surface area contributed by atoms with Gasteiger partial charge in [-0.1, -0.05) is 23.7 Å². The maximum Gasteiger partial charge on any atom is 0.253 e. The molecule has 3 aromatic heterocycles. The number of hydrogen-bond donors (Lipinski definition) is 0. The lowest BCUT2D eigenvalue weighted by Crippen LogP contribution is -2.50. The van der Waals surface area contributed by atoms with Crippen LogP contribution in [-0.4, -0.2) is 150 Å². The molecule has 6 aromatic carbocycles. The average molecular weight is 1410 g/mol. The van der Waals surface area contributed by atoms with Crippen LogP contribution in [0.4, 0.5) is 4.39 Å². The lowest BCUT2D eigenvalue weighted by Gasteiger charge is -2.45. The number of hydrogen-bond acceptors (Lipinski definition) is 14. The Bertz CT molecular complexity index is 4580. The Morgan fingerprint density at radius 1 is 0.608 bits per heavy atom. The van der Waals surface area contributed by atoms with Gasteiger partial charge in [-0.25, -0.2) is 4.39 Å². The van der Waals surface area contributed by atoms with E-state index in [2.05, 4.69) is 33.7 Å². The number of benzene rings is 6. The Morgan fingerprint density at radius 3 is 1.70 bits per heavy atom. The Hall–Kier alpha value is -9.96. The van der Waals surface area contributed by atoms with Crippen LogP contribution in [0.15, 0.2) is 158 Å². The molecule has 0 unspecified atom stereocenters. The van der Waals surface area contributed by atoms with Gasteiger partial charge >= 0.3 is 0 Å². The van der Waals surface area contributed by atoms with E-state index < -0.39 is 16.8 Å². The summed E-state index contributed by atoms with van der Waals surface area (Å²) in [6.07, 6.45) is 11.0. The van der Waals surface area contributed by atoms with Crippen molar-refractivity contribution in [2.45, 2.75) is 108 Å². The molecule has 22 heteroatoms. The van der Waals surface area contributed by atoms with Crippen LogP contribution in [0.2, 0.25) is 5.02 Å². The molecule has 4 saturated heterocycles. The largest absolute Gasteiger partial charge is 0.493 e. The summed E-state index contributed by atoms with van der Waals surface area (Å²) in [5, 5.41) is 5.37. The number of likely N-dealkylation sites (tertiary alicyclic amines) is 3. The molecule has 0 N–H and O–H groups in total. The van der Waals surface area contributed by atoms with E-state index in [9.17, 15) is 18.8 Å². The van der Waals surface area contributed by atoms with E-state index in [-0.39, 0.29) is 43.3 Å². The molecule has 9 aromatic rings. The van der Waals surface area contributed by atoms with Crippen molar-refractivity contribution in [3.8, 4) is 68.6 Å². The Labute approximate surface area is 599 Å². The van der Waals surface area contributed by atoms with Crippen LogP contribution < -0.4 is 37.9 Å². The molecule has 0 radical (unpaired) electrons. The number of halogens is 2. The van der Waals surface area contributed by atoms with Crippen LogP contribution in [0.3, 0.4) is 0 Å². The van der Waals surface area contributed by atoms with Crippen molar-refractivity contribution >= 4 is 29.3 Å². The maximum atomic E-state index is 13.9. The molecule has 3 amide bonds. The van der Waals surface area contributed by atoms with Gasteiger partial charge in [0.15, 0.2) is 34.2 Å². The highest BCUT2D eigenvalue weighted by atomic mass is 35.5. The molecule has 3 spiro atoms. The van der Waals surface area contributed by atoms with Gasteiger partial charge in [0.2, 0.25) is 0 Å². The molecule has 2 atom stereocenters. The molecule has 0 aliphatic carbocycles. The maximum absolute atomic E-state index is 13.9. The predicted molar refractivity (Wildman–Crippen MR) is 384 cm³/mol. The summed E-state index contributed by atoms with van der Waals surface area (Å²) in [4.78, 5) is 45.6. The first kappa shape index (κ1) is 69.1. The van der Waals surface area contributed by atoms with Crippen LogP contribution in [-0.2, 0) is 33.3 Å². The molecular weight excluding hydrogens is 1320 g/mol. The zero-order valence-corrected chi connectivity index (χ0v) is 59.5. The van der Waals surface area contributed by atoms with Crippen molar-refractivity contribution in [1.82, 2.24) is 33.6 Å². The Kier molecular flexibility index (Phi) is 19.5. The first-order valence-electron chi connectivity index (χ1n) is 34.9. The fraction of sp³-hybridized carbons (Fsp3) is 0.375. The van der Waals surface area contributed by atoms with Crippen molar-refractivity contribution in [2.24, 2.45) is 7.05 Å². The quantitative estimate of drug-likeness (QED) is 0.106. The van der Waals surface area contributed by atoms with Crippen LogP contribution in [0.5, 0.6) is 46.0 Å². The minimum Gasteiger partial charge on any atom is -0.493 e. The topological polar surface area (TPSA) is 181 Å². The van der Waals surface area contributed by atoms with Gasteiger partial charge in [0.05, 0.1) is 62.4 Å². The van der Waals surface area contributed by atoms with Gasteiger partial charge in [-0.2, -0.15) is 5.10 Å². The van der Waals surface area contributed by atoms with E-state index in [0.29, 0.717) is 135 Å². The lowest BCUT2D eigenvalue weighted by molar-refractivity contribution is -0.00989. The fourth-order valence-corrected chi connectivity index (χ4v) is 15.1. The highest BCUT2D eigenvalue weighted by Crippen LogP contribution is 2.51. The van der Waals surface area contributed by atoms with Crippen LogP contribution >= 0.6 is 11.6 Å². The SMILES string of the molecule is COc1cc(C(=O)N2CCC3(CC2)Oc2cc(Cl)ccc2-n2cccc23)ccc1O[C@H]1CCOC1.COc1cc(C(=O)N2CCC3(CC2)Oc2cc(F)ccc2-n2cccc23)ccc1OC[C@@H](C)OC.Cc1cc(C(=O)N2CCC3(CC2)Oc2ccccc2-c2nn(C)cc23)ccc1OC(C)C.[HH]. The van der Waals surface area contributed by atoms with Gasteiger partial charge in [-0.15, -0.1) is 0 Å². The van der Waals surface area contributed by atoms with Gasteiger partial charge in [0.25, 0.3) is 17.7 Å². The zero-order chi connectivity index (χ0) is 71.0. The van der Waals surface area contributed by atoms with Crippen molar-refractivity contribution in [3.63, 3.8) is 0 Å². The Balaban J connectivity index is 0.000000137. The monoisotopic (exact) mass is 1410 g/mol. The molecule has 20 nitrogen and oxygen atoms in total. The number of aromatic nitrogens is 4. The fourth-order valence-electron chi connectivity index (χ4n) is 14.9. The smallest absolute Gasteiger partial charge is 0.253 e. The van der Waals surface area contributed by atoms with Crippen LogP contribution in [0, 0.1) is 12.7 Å². The molecule has 7 aliphatic heterocycles. The van der Waals surface area contributed by atoms with Gasteiger partial charge < -0.3 is 71.2 Å². The standard InChI is InChI=1S/C27H27ClN2O5.C27H29FN2O5.C26H29N3O3.H2/c1-32-24-15-18(4-7-22(24)34-20-8-14-33-17-20)26(31)29-12-9-27(10-13-29)25-3-2-11-30(25)21-6-5-19(28)16-23(21)35-27;1-18(32-2)17-34-22-9-6-19(15-24(22)33-3)26(31)29-13-10-27(11-14-29)25-5-4-12-30(25)21-8-7-20(28)16-23(21)35-27;1-17(2)31-22-10-9-19(15-18(22)3)25(30)29-13-11-26(12-14-29)21-16-28(4)27-24(21)20-7-5-6-8-23(20)32-26;/h2-7,11,15-16,20H,8-10,12-14,17H2,1H3;4-9,12,15-16,18H,10-11,13-14,17H2,1-3H3;5-10,15-17H,11-14H2,1-4H3;1H/t20-;18-;;/m01../s1. The molecule has 16 rings (SSSR count). The second-order valence-electron chi connectivity index (χ2n) is 27.3. The number of amides is 3. The summed E-state index contributed by atoms with van der Waals surface area (Å²) in [5.41, 5.74) is 8.34. The summed E-state index contributed by atoms with van der Waals surface area (Å²) in [6, 6.07) is 42.8. The predicted octanol–water partition coefficient (Wildman–Crippen LogP) is 14.3. The number of rotatable bonds is 13. The number of carbonyl (C=O) groups excluding carboxylic acids is 3. The van der Waals surface area contributed by atoms with E-state index in [1.807, 2.05) is 139 Å². The summed E-state index contributed by atoms with van der Waals surface area (Å²) >= 11 is 6.25. The van der Waals surface area contributed by atoms with Gasteiger partial charge in [-0.3, -0.25) is 19.1 Å². The molecule has 0 bridgehead atoms. The van der Waals surface area contributed by atoms with Crippen LogP contribution in [0.1, 0.15) is 121 Å². The second-order valence-corrected chi connectivity index (χ2v) is 27.8. The van der Waals surface area contributed by atoms with E-state index in [4.69, 9.17) is 64.1 Å². The number of carbonyl (C=O) groups is 3. The number of nitrogens with zero attached hydrogens (tertiary/aromatic N) is 7. The van der Waals surface area contributed by atoms with E-state index in [0.717, 1.165) is 81.7 Å². The summed E-state index contributed by atoms with van der Waals surface area (Å²) in [7, 11) is 6.72. The summed E-state index contributed by atoms with van der Waals surface area (Å²) < 4.78 is 78.8. The third kappa shape index (κ3) is 13.6. The molecule has 102 heavy (non-hydrogen) atoms. The zero-order valence-electron chi connectivity index (χ0n) is 58.8. The number of aryl methyl sites for hydroxylation is 2. The molecule has 4 fully saturated rings. The minimum absolute atomic E-state index is 0. The highest BCUT2D eigenvalue weighted by molar-refractivity contribution is 6.30. The number of para-hydroxylation sites is 1. The third-order valence-corrected chi connectivity index (χ3v) is 20.6. The van der Waals surface area contributed by atoms with Gasteiger partial charge in [0.1, 0.15) is 52.8 Å². The first-order valence-corrected chi connectivity index (χ1v) is 35.3. The number of piperidine rings is 3. The summed E-state index contributed by atoms with van der Waals surface area (Å²) in [5.74, 6) is 4.86. The van der Waals surface area contributed by atoms with Crippen LogP contribution in [0.25, 0.3) is 22.6 Å². The molecular formula is C80H87ClFN7O13. The highest BCUT2D eigenvalue weighted by Gasteiger charge is 2.48. The van der Waals surface area contributed by atoms with Crippen molar-refractivity contribution in [1.29, 1.82) is 0 Å². The van der Waals surface area contributed by atoms with Crippen molar-refractivity contribution in [2.75, 3.05) is 80.4 Å².